The number of aromatic nitrogens is 1. The van der Waals surface area contributed by atoms with E-state index in [2.05, 4.69) is 17.1 Å². The molecule has 1 aromatic heterocycles. The van der Waals surface area contributed by atoms with Gasteiger partial charge in [-0.25, -0.2) is 12.1 Å². The molecule has 74 valence electrons. The Labute approximate surface area is 120 Å². The molecule has 0 saturated carbocycles. The number of halogens is 1. The monoisotopic (exact) mass is 297 g/mol. The van der Waals surface area contributed by atoms with Gasteiger partial charge in [0.05, 0.1) is 13.2 Å². The van der Waals surface area contributed by atoms with Gasteiger partial charge < -0.3 is 4.74 Å². The van der Waals surface area contributed by atoms with Gasteiger partial charge in [-0.2, -0.15) is 5.56 Å². The summed E-state index contributed by atoms with van der Waals surface area (Å²) in [6.45, 7) is 1.66. The molecule has 0 amide bonds. The summed E-state index contributed by atoms with van der Waals surface area (Å²) >= 11 is 5.65. The fourth-order valence-corrected chi connectivity index (χ4v) is 1.54. The summed E-state index contributed by atoms with van der Waals surface area (Å²) in [6.07, 6.45) is 5.94. The Morgan fingerprint density at radius 3 is 2.73 bits per heavy atom. The Hall–Kier alpha value is 0.244. The zero-order chi connectivity index (χ0) is 9.80. The van der Waals surface area contributed by atoms with Gasteiger partial charge in [-0.05, 0) is 19.0 Å². The first-order valence-corrected chi connectivity index (χ1v) is 5.03. The summed E-state index contributed by atoms with van der Waals surface area (Å²) < 4.78 is 5.27. The number of hydrogen-bond donors (Lipinski definition) is 0. The van der Waals surface area contributed by atoms with Gasteiger partial charge in [0.15, 0.2) is 0 Å². The normalized spacial score (nSPS) is 15.7. The molecule has 4 heteroatoms. The van der Waals surface area contributed by atoms with E-state index in [0.717, 1.165) is 31.6 Å². The summed E-state index contributed by atoms with van der Waals surface area (Å²) in [6, 6.07) is 4.73. The van der Waals surface area contributed by atoms with E-state index in [1.807, 2.05) is 6.07 Å². The van der Waals surface area contributed by atoms with Gasteiger partial charge >= 0.3 is 32.7 Å². The van der Waals surface area contributed by atoms with Crippen molar-refractivity contribution in [1.82, 2.24) is 4.98 Å². The molecule has 0 radical (unpaired) electrons. The van der Waals surface area contributed by atoms with Gasteiger partial charge in [0, 0.05) is 5.15 Å². The number of hydrogen-bond acceptors (Lipinski definition) is 2. The molecule has 0 aromatic carbocycles. The minimum atomic E-state index is 0. The summed E-state index contributed by atoms with van der Waals surface area (Å²) in [7, 11) is 0. The van der Waals surface area contributed by atoms with E-state index < -0.39 is 0 Å². The molecule has 15 heavy (non-hydrogen) atoms. The minimum absolute atomic E-state index is 0. The van der Waals surface area contributed by atoms with Crippen LogP contribution in [0.25, 0.3) is 6.08 Å². The molecule has 0 bridgehead atoms. The fraction of sp³-hybridized carbons (Fsp3) is 0.364. The first-order valence-electron chi connectivity index (χ1n) is 4.65. The molecule has 0 N–H and O–H groups in total. The largest absolute Gasteiger partial charge is 3.00 e. The maximum Gasteiger partial charge on any atom is 3.00 e. The van der Waals surface area contributed by atoms with Gasteiger partial charge in [-0.3, -0.25) is 4.98 Å². The Balaban J connectivity index is 0.00000112. The maximum absolute atomic E-state index is 5.65. The molecular formula is C11H11ClNOY+2. The molecule has 2 heterocycles. The van der Waals surface area contributed by atoms with Crippen LogP contribution >= 0.6 is 11.6 Å². The zero-order valence-corrected chi connectivity index (χ0v) is 12.0. The SMILES string of the molecule is Clc1[c-]cc(C=C2CCOCC2)cn1.[Y+3]. The van der Waals surface area contributed by atoms with Crippen LogP contribution in [0.5, 0.6) is 0 Å². The van der Waals surface area contributed by atoms with Crippen LogP contribution in [0.15, 0.2) is 17.8 Å². The molecule has 0 unspecified atom stereocenters. The number of ether oxygens (including phenoxy) is 1. The molecule has 2 nitrogen and oxygen atoms in total. The molecule has 1 saturated heterocycles. The van der Waals surface area contributed by atoms with Crippen LogP contribution in [-0.2, 0) is 37.4 Å². The Morgan fingerprint density at radius 2 is 2.13 bits per heavy atom. The van der Waals surface area contributed by atoms with Crippen molar-refractivity contribution in [1.29, 1.82) is 0 Å². The van der Waals surface area contributed by atoms with Gasteiger partial charge in [0.2, 0.25) is 0 Å². The van der Waals surface area contributed by atoms with E-state index in [1.165, 1.54) is 5.57 Å². The fourth-order valence-electron chi connectivity index (χ4n) is 1.44. The molecule has 0 atom stereocenters. The molecular weight excluding hydrogens is 286 g/mol. The number of pyridine rings is 1. The quantitative estimate of drug-likeness (QED) is 0.587. The Kier molecular flexibility index (Phi) is 5.99. The maximum atomic E-state index is 5.65. The van der Waals surface area contributed by atoms with Crippen molar-refractivity contribution in [3.05, 3.63) is 34.6 Å². The van der Waals surface area contributed by atoms with Crippen LogP contribution in [0.3, 0.4) is 0 Å². The van der Waals surface area contributed by atoms with Gasteiger partial charge in [0.25, 0.3) is 0 Å². The molecule has 1 aliphatic heterocycles. The van der Waals surface area contributed by atoms with Crippen molar-refractivity contribution in [2.24, 2.45) is 0 Å². The van der Waals surface area contributed by atoms with Gasteiger partial charge in [-0.1, -0.05) is 17.2 Å². The average Bonchev–Trinajstić information content (AvgIpc) is 2.23. The second kappa shape index (κ2) is 6.75. The predicted molar refractivity (Wildman–Crippen MR) is 56.1 cm³/mol. The third-order valence-electron chi connectivity index (χ3n) is 2.19. The van der Waals surface area contributed by atoms with E-state index >= 15 is 0 Å². The third-order valence-corrected chi connectivity index (χ3v) is 2.40. The van der Waals surface area contributed by atoms with E-state index in [-0.39, 0.29) is 32.7 Å². The van der Waals surface area contributed by atoms with Crippen molar-refractivity contribution < 1.29 is 37.4 Å². The summed E-state index contributed by atoms with van der Waals surface area (Å²) in [5, 5.41) is 0.416. The van der Waals surface area contributed by atoms with Crippen LogP contribution in [0.4, 0.5) is 0 Å². The van der Waals surface area contributed by atoms with E-state index in [4.69, 9.17) is 16.3 Å². The second-order valence-electron chi connectivity index (χ2n) is 3.25. The molecule has 0 aliphatic carbocycles. The van der Waals surface area contributed by atoms with Gasteiger partial charge in [-0.15, -0.1) is 6.08 Å². The van der Waals surface area contributed by atoms with Crippen LogP contribution in [0, 0.1) is 6.07 Å². The first kappa shape index (κ1) is 13.3. The van der Waals surface area contributed by atoms with E-state index in [9.17, 15) is 0 Å². The summed E-state index contributed by atoms with van der Waals surface area (Å²) in [4.78, 5) is 3.98. The molecule has 1 aromatic rings. The van der Waals surface area contributed by atoms with Crippen molar-refractivity contribution >= 4 is 17.7 Å². The number of nitrogens with zero attached hydrogens (tertiary/aromatic N) is 1. The standard InChI is InChI=1S/C11H11ClNO.Y/c12-11-2-1-10(8-13-11)7-9-3-5-14-6-4-9;/h1,7-8H,3-6H2;/q-1;+3. The number of rotatable bonds is 1. The van der Waals surface area contributed by atoms with Crippen molar-refractivity contribution in [3.8, 4) is 0 Å². The van der Waals surface area contributed by atoms with Crippen LogP contribution in [0.1, 0.15) is 18.4 Å². The van der Waals surface area contributed by atoms with Crippen molar-refractivity contribution in [2.45, 2.75) is 12.8 Å². The van der Waals surface area contributed by atoms with Crippen LogP contribution < -0.4 is 0 Å². The smallest absolute Gasteiger partial charge is 0.381 e. The minimum Gasteiger partial charge on any atom is -0.381 e. The average molecular weight is 298 g/mol. The molecule has 0 spiro atoms. The predicted octanol–water partition coefficient (Wildman–Crippen LogP) is 2.73. The summed E-state index contributed by atoms with van der Waals surface area (Å²) in [5.41, 5.74) is 2.47. The summed E-state index contributed by atoms with van der Waals surface area (Å²) in [5.74, 6) is 0. The second-order valence-corrected chi connectivity index (χ2v) is 3.61. The molecule has 1 fully saturated rings. The first-order chi connectivity index (χ1) is 6.84. The Bertz CT molecular complexity index is 329. The Morgan fingerprint density at radius 1 is 1.40 bits per heavy atom. The van der Waals surface area contributed by atoms with Crippen LogP contribution in [0.2, 0.25) is 5.15 Å². The van der Waals surface area contributed by atoms with Gasteiger partial charge in [0.1, 0.15) is 0 Å². The van der Waals surface area contributed by atoms with Crippen molar-refractivity contribution in [3.63, 3.8) is 0 Å². The van der Waals surface area contributed by atoms with E-state index in [1.54, 1.807) is 6.20 Å². The molecule has 1 aliphatic rings. The zero-order valence-electron chi connectivity index (χ0n) is 8.37. The third kappa shape index (κ3) is 4.32. The van der Waals surface area contributed by atoms with Crippen molar-refractivity contribution in [2.75, 3.05) is 13.2 Å². The topological polar surface area (TPSA) is 22.1 Å². The van der Waals surface area contributed by atoms with E-state index in [0.29, 0.717) is 5.15 Å². The molecule has 2 rings (SSSR count). The van der Waals surface area contributed by atoms with Crippen LogP contribution in [-0.4, -0.2) is 18.2 Å².